The molecule has 0 spiro atoms. The van der Waals surface area contributed by atoms with Gasteiger partial charge in [0.05, 0.1) is 0 Å². The minimum absolute atomic E-state index is 0.754. The van der Waals surface area contributed by atoms with Crippen molar-refractivity contribution in [3.8, 4) is 0 Å². The molecular weight excluding hydrogens is 280 g/mol. The lowest BCUT2D eigenvalue weighted by molar-refractivity contribution is 0.224. The van der Waals surface area contributed by atoms with Gasteiger partial charge >= 0.3 is 0 Å². The van der Waals surface area contributed by atoms with Crippen LogP contribution >= 0.6 is 0 Å². The minimum atomic E-state index is 0.754. The molecule has 1 N–H and O–H groups in total. The Morgan fingerprint density at radius 1 is 1.26 bits per heavy atom. The Kier molecular flexibility index (Phi) is 9.01. The van der Waals surface area contributed by atoms with E-state index < -0.39 is 0 Å². The Hall–Kier alpha value is -1.28. The molecule has 1 unspecified atom stereocenters. The quantitative estimate of drug-likeness (QED) is 0.686. The number of allylic oxidation sites excluding steroid dienone is 1. The Labute approximate surface area is 144 Å². The molecule has 0 bridgehead atoms. The second kappa shape index (κ2) is 10.5. The lowest BCUT2D eigenvalue weighted by atomic mass is 9.98. The van der Waals surface area contributed by atoms with E-state index >= 15 is 0 Å². The molecule has 23 heavy (non-hydrogen) atoms. The van der Waals surface area contributed by atoms with Crippen LogP contribution in [-0.4, -0.2) is 24.0 Å². The van der Waals surface area contributed by atoms with Crippen LogP contribution in [0.1, 0.15) is 64.5 Å². The second-order valence-corrected chi connectivity index (χ2v) is 6.39. The minimum Gasteiger partial charge on any atom is -0.360 e. The molecular formula is C21H36N2. The van der Waals surface area contributed by atoms with Crippen molar-refractivity contribution in [2.45, 2.75) is 72.8 Å². The molecule has 0 aromatic heterocycles. The number of anilines is 1. The lowest BCUT2D eigenvalue weighted by Gasteiger charge is -2.26. The summed E-state index contributed by atoms with van der Waals surface area (Å²) in [5.41, 5.74) is 5.03. The fourth-order valence-corrected chi connectivity index (χ4v) is 3.34. The van der Waals surface area contributed by atoms with Gasteiger partial charge in [0.2, 0.25) is 0 Å². The Balaban J connectivity index is 0.00000127. The molecule has 130 valence electrons. The van der Waals surface area contributed by atoms with Gasteiger partial charge in [-0.2, -0.15) is 0 Å². The number of hydrogen-bond acceptors (Lipinski definition) is 2. The number of benzene rings is 1. The van der Waals surface area contributed by atoms with E-state index in [1.54, 1.807) is 0 Å². The number of rotatable bonds is 7. The number of hydrogen-bond donors (Lipinski definition) is 1. The first-order valence-electron chi connectivity index (χ1n) is 9.36. The third kappa shape index (κ3) is 6.39. The summed E-state index contributed by atoms with van der Waals surface area (Å²) < 4.78 is 0. The SMILES string of the molecule is C=C(C)Nc1ccc(C)c(CCC(CC)N2CCCC2)c1.CC. The maximum Gasteiger partial charge on any atom is 0.0384 e. The van der Waals surface area contributed by atoms with Gasteiger partial charge in [-0.1, -0.05) is 33.4 Å². The summed E-state index contributed by atoms with van der Waals surface area (Å²) in [6, 6.07) is 7.41. The van der Waals surface area contributed by atoms with Crippen LogP contribution < -0.4 is 5.32 Å². The molecule has 1 fully saturated rings. The molecule has 1 saturated heterocycles. The number of likely N-dealkylation sites (tertiary alicyclic amines) is 1. The van der Waals surface area contributed by atoms with Crippen molar-refractivity contribution in [1.82, 2.24) is 4.90 Å². The fourth-order valence-electron chi connectivity index (χ4n) is 3.34. The average Bonchev–Trinajstić information content (AvgIpc) is 3.06. The number of nitrogens with one attached hydrogen (secondary N) is 1. The molecule has 1 aliphatic heterocycles. The van der Waals surface area contributed by atoms with E-state index in [9.17, 15) is 0 Å². The summed E-state index contributed by atoms with van der Waals surface area (Å²) in [6.45, 7) is 17.1. The van der Waals surface area contributed by atoms with Crippen LogP contribution in [0.5, 0.6) is 0 Å². The monoisotopic (exact) mass is 316 g/mol. The van der Waals surface area contributed by atoms with Gasteiger partial charge in [-0.15, -0.1) is 0 Å². The lowest BCUT2D eigenvalue weighted by Crippen LogP contribution is -2.32. The first-order valence-corrected chi connectivity index (χ1v) is 9.36. The third-order valence-electron chi connectivity index (χ3n) is 4.58. The molecule has 0 radical (unpaired) electrons. The predicted molar refractivity (Wildman–Crippen MR) is 104 cm³/mol. The molecule has 1 aromatic rings. The summed E-state index contributed by atoms with van der Waals surface area (Å²) in [5, 5.41) is 3.32. The standard InChI is InChI=1S/C19H30N2.C2H6/c1-5-19(21-12-6-7-13-21)11-9-17-14-18(20-15(2)3)10-8-16(17)4;1-2/h8,10,14,19-20H,2,5-7,9,11-13H2,1,3-4H3;1-2H3. The summed E-state index contributed by atoms with van der Waals surface area (Å²) >= 11 is 0. The highest BCUT2D eigenvalue weighted by Crippen LogP contribution is 2.22. The first-order chi connectivity index (χ1) is 11.1. The molecule has 2 heteroatoms. The number of aryl methyl sites for hydroxylation is 2. The second-order valence-electron chi connectivity index (χ2n) is 6.39. The zero-order valence-corrected chi connectivity index (χ0v) is 15.9. The molecule has 0 aliphatic carbocycles. The average molecular weight is 317 g/mol. The van der Waals surface area contributed by atoms with Crippen LogP contribution in [0.2, 0.25) is 0 Å². The van der Waals surface area contributed by atoms with Crippen molar-refractivity contribution in [2.75, 3.05) is 18.4 Å². The van der Waals surface area contributed by atoms with Gasteiger partial charge in [-0.3, -0.25) is 0 Å². The fraction of sp³-hybridized carbons (Fsp3) is 0.619. The summed E-state index contributed by atoms with van der Waals surface area (Å²) in [4.78, 5) is 2.69. The highest BCUT2D eigenvalue weighted by Gasteiger charge is 2.20. The number of nitrogens with zero attached hydrogens (tertiary/aromatic N) is 1. The molecule has 1 aliphatic rings. The largest absolute Gasteiger partial charge is 0.360 e. The molecule has 2 nitrogen and oxygen atoms in total. The van der Waals surface area contributed by atoms with Gasteiger partial charge in [0.25, 0.3) is 0 Å². The van der Waals surface area contributed by atoms with Crippen LogP contribution in [-0.2, 0) is 6.42 Å². The maximum absolute atomic E-state index is 3.92. The van der Waals surface area contributed by atoms with Gasteiger partial charge in [-0.05, 0) is 82.3 Å². The van der Waals surface area contributed by atoms with Crippen molar-refractivity contribution in [2.24, 2.45) is 0 Å². The van der Waals surface area contributed by atoms with Crippen molar-refractivity contribution < 1.29 is 0 Å². The van der Waals surface area contributed by atoms with E-state index in [0.29, 0.717) is 0 Å². The normalized spacial score (nSPS) is 15.7. The molecule has 1 aromatic carbocycles. The van der Waals surface area contributed by atoms with Crippen LogP contribution in [0.25, 0.3) is 0 Å². The highest BCUT2D eigenvalue weighted by atomic mass is 15.2. The van der Waals surface area contributed by atoms with Gasteiger partial charge in [0, 0.05) is 17.4 Å². The van der Waals surface area contributed by atoms with Crippen molar-refractivity contribution >= 4 is 5.69 Å². The predicted octanol–water partition coefficient (Wildman–Crippen LogP) is 5.77. The van der Waals surface area contributed by atoms with Gasteiger partial charge < -0.3 is 10.2 Å². The van der Waals surface area contributed by atoms with E-state index in [0.717, 1.165) is 17.4 Å². The van der Waals surface area contributed by atoms with Gasteiger partial charge in [0.15, 0.2) is 0 Å². The Morgan fingerprint density at radius 2 is 1.91 bits per heavy atom. The van der Waals surface area contributed by atoms with Crippen molar-refractivity contribution in [1.29, 1.82) is 0 Å². The third-order valence-corrected chi connectivity index (χ3v) is 4.58. The first kappa shape index (κ1) is 19.8. The molecule has 1 atom stereocenters. The van der Waals surface area contributed by atoms with Crippen LogP contribution in [0, 0.1) is 6.92 Å². The van der Waals surface area contributed by atoms with E-state index in [1.165, 1.54) is 56.3 Å². The highest BCUT2D eigenvalue weighted by molar-refractivity contribution is 5.51. The van der Waals surface area contributed by atoms with Crippen molar-refractivity contribution in [3.63, 3.8) is 0 Å². The molecule has 0 saturated carbocycles. The van der Waals surface area contributed by atoms with E-state index in [2.05, 4.69) is 48.8 Å². The van der Waals surface area contributed by atoms with E-state index in [-0.39, 0.29) is 0 Å². The van der Waals surface area contributed by atoms with E-state index in [1.807, 2.05) is 20.8 Å². The van der Waals surface area contributed by atoms with Gasteiger partial charge in [0.1, 0.15) is 0 Å². The summed E-state index contributed by atoms with van der Waals surface area (Å²) in [6.07, 6.45) is 6.48. The van der Waals surface area contributed by atoms with Crippen LogP contribution in [0.15, 0.2) is 30.5 Å². The topological polar surface area (TPSA) is 15.3 Å². The van der Waals surface area contributed by atoms with Crippen LogP contribution in [0.3, 0.4) is 0 Å². The van der Waals surface area contributed by atoms with Gasteiger partial charge in [-0.25, -0.2) is 0 Å². The Morgan fingerprint density at radius 3 is 2.48 bits per heavy atom. The van der Waals surface area contributed by atoms with E-state index in [4.69, 9.17) is 0 Å². The smallest absolute Gasteiger partial charge is 0.0384 e. The molecule has 0 amide bonds. The maximum atomic E-state index is 3.92. The Bertz CT molecular complexity index is 473. The summed E-state index contributed by atoms with van der Waals surface area (Å²) in [7, 11) is 0. The zero-order chi connectivity index (χ0) is 17.2. The van der Waals surface area contributed by atoms with Crippen molar-refractivity contribution in [3.05, 3.63) is 41.6 Å². The van der Waals surface area contributed by atoms with Crippen LogP contribution in [0.4, 0.5) is 5.69 Å². The molecule has 1 heterocycles. The molecule has 2 rings (SSSR count). The summed E-state index contributed by atoms with van der Waals surface area (Å²) in [5.74, 6) is 0. The zero-order valence-electron chi connectivity index (χ0n) is 15.9.